The smallest absolute Gasteiger partial charge is 0.416 e. The van der Waals surface area contributed by atoms with Gasteiger partial charge in [-0.15, -0.1) is 0 Å². The normalized spacial score (nSPS) is 12.4. The van der Waals surface area contributed by atoms with Gasteiger partial charge in [-0.3, -0.25) is 20.0 Å². The van der Waals surface area contributed by atoms with E-state index < -0.39 is 40.0 Å². The molecule has 10 aromatic carbocycles. The third kappa shape index (κ3) is 24.9. The van der Waals surface area contributed by atoms with Gasteiger partial charge in [0.2, 0.25) is 0 Å². The van der Waals surface area contributed by atoms with Crippen LogP contribution < -0.4 is 31.1 Å². The van der Waals surface area contributed by atoms with Crippen molar-refractivity contribution in [3.8, 4) is 0 Å². The van der Waals surface area contributed by atoms with E-state index >= 15 is 0 Å². The van der Waals surface area contributed by atoms with Gasteiger partial charge in [-0.2, -0.15) is 26.3 Å². The molecular weight excluding hydrogens is 1920 g/mol. The molecule has 122 heavy (non-hydrogen) atoms. The molecule has 0 aliphatic carbocycles. The van der Waals surface area contributed by atoms with E-state index in [4.69, 9.17) is 29.9 Å². The summed E-state index contributed by atoms with van der Waals surface area (Å²) in [6, 6.07) is 85.9. The number of pyridine rings is 2. The summed E-state index contributed by atoms with van der Waals surface area (Å²) in [5, 5.41) is 23.1. The molecule has 8 nitrogen and oxygen atoms in total. The van der Waals surface area contributed by atoms with Crippen molar-refractivity contribution < 1.29 is 66.6 Å². The summed E-state index contributed by atoms with van der Waals surface area (Å²) >= 11 is 0. The maximum Gasteiger partial charge on any atom is 0.416 e. The molecule has 0 fully saturated rings. The Bertz CT molecular complexity index is 4780. The maximum absolute atomic E-state index is 12.8. The fraction of sp³-hybridized carbons (Fsp3) is 0.288. The van der Waals surface area contributed by atoms with Gasteiger partial charge in [-0.25, -0.2) is 9.97 Å². The molecule has 642 valence electrons. The standard InChI is InChI=1S/2C33H43N3.2C19H15F3NSi.2Ir/c2*1-20(2)26-14-11-15-27(21(3)4)32(26)34-24(9)30-18-13-19-31(36-30)25(10)35-33-28(22(5)6)16-12-17-29(33)23(7)8;2*20-19(21,22)15-11-13-18(14-12-15)24(23,16-7-3-1-4-8-16)17-9-5-2-6-10-17;;/h2*11-23H,1-10H3;2*1-14,23H;;/q;;2*-1;;. The van der Waals surface area contributed by atoms with Crippen LogP contribution in [-0.4, -0.2) is 49.3 Å². The first kappa shape index (κ1) is 99.5. The summed E-state index contributed by atoms with van der Waals surface area (Å²) < 4.78 is 77.0. The fourth-order valence-electron chi connectivity index (χ4n) is 14.7. The number of halogens is 6. The molecule has 18 heteroatoms. The van der Waals surface area contributed by atoms with Crippen molar-refractivity contribution in [1.29, 1.82) is 0 Å². The molecule has 0 bridgehead atoms. The average Bonchev–Trinajstić information content (AvgIpc) is 0.766. The third-order valence-corrected chi connectivity index (χ3v) is 28.8. The SMILES string of the molecule is CC(=Nc1c(C(C)C)cccc1C(C)C)c1cccc(C(C)=Nc2c(C(C)C)cccc2C(C)C)n1.CC(=Nc1c(C(C)C)cccc1C(C)C)c1cccc(C(C)=Nc2c(C(C)C)cccc2C(C)C)n1.[Ir].[Ir].[NH-][Si](c1ccccc1)(c1ccccc1)c1ccc(C(F)(F)F)cc1.[NH-][Si](c1ccccc1)(c1ccccc1)c1ccc(C(F)(F)F)cc1. The number of benzene rings is 10. The number of hydrogen-bond acceptors (Lipinski definition) is 6. The zero-order valence-corrected chi connectivity index (χ0v) is 80.6. The first-order valence-electron chi connectivity index (χ1n) is 41.6. The van der Waals surface area contributed by atoms with Crippen LogP contribution in [0.5, 0.6) is 0 Å². The van der Waals surface area contributed by atoms with E-state index in [1.807, 2.05) is 146 Å². The molecule has 0 saturated carbocycles. The first-order valence-corrected chi connectivity index (χ1v) is 45.6. The molecule has 0 spiro atoms. The number of hydrogen-bond donors (Lipinski definition) is 0. The number of para-hydroxylation sites is 4. The molecule has 2 radical (unpaired) electrons. The maximum atomic E-state index is 12.8. The van der Waals surface area contributed by atoms with Crippen LogP contribution in [0.25, 0.3) is 10.8 Å². The second kappa shape index (κ2) is 44.6. The van der Waals surface area contributed by atoms with Crippen molar-refractivity contribution in [2.45, 2.75) is 198 Å². The molecule has 0 aliphatic heterocycles. The summed E-state index contributed by atoms with van der Waals surface area (Å²) in [6.45, 7) is 43.9. The van der Waals surface area contributed by atoms with Gasteiger partial charge in [-0.05, 0) is 144 Å². The Kier molecular flexibility index (Phi) is 36.4. The van der Waals surface area contributed by atoms with Crippen LogP contribution in [0.3, 0.4) is 0 Å². The molecule has 12 aromatic rings. The number of nitrogens with zero attached hydrogens (tertiary/aromatic N) is 6. The predicted octanol–water partition coefficient (Wildman–Crippen LogP) is 27.2. The van der Waals surface area contributed by atoms with Gasteiger partial charge in [0.15, 0.2) is 0 Å². The first-order chi connectivity index (χ1) is 56.9. The van der Waals surface area contributed by atoms with Gasteiger partial charge in [-0.1, -0.05) is 397 Å². The van der Waals surface area contributed by atoms with E-state index in [2.05, 4.69) is 223 Å². The van der Waals surface area contributed by atoms with Crippen molar-refractivity contribution in [2.24, 2.45) is 20.0 Å². The molecule has 0 atom stereocenters. The average molecular weight is 2030 g/mol. The summed E-state index contributed by atoms with van der Waals surface area (Å²) in [6.07, 6.45) is -8.74. The Morgan fingerprint density at radius 1 is 0.238 bits per heavy atom. The van der Waals surface area contributed by atoms with Gasteiger partial charge in [0, 0.05) is 56.7 Å². The van der Waals surface area contributed by atoms with Crippen molar-refractivity contribution in [3.05, 3.63) is 368 Å². The van der Waals surface area contributed by atoms with Crippen LogP contribution in [0.4, 0.5) is 49.1 Å². The predicted molar refractivity (Wildman–Crippen MR) is 501 cm³/mol. The minimum absolute atomic E-state index is 0. The number of aliphatic imine (C=N–C) groups is 4. The Morgan fingerprint density at radius 2 is 0.393 bits per heavy atom. The zero-order valence-electron chi connectivity index (χ0n) is 73.8. The molecule has 0 aliphatic rings. The summed E-state index contributed by atoms with van der Waals surface area (Å²) in [7, 11) is -6.15. The molecule has 0 amide bonds. The summed E-state index contributed by atoms with van der Waals surface area (Å²) in [5.74, 6) is 3.22. The fourth-order valence-corrected chi connectivity index (χ4v) is 20.8. The van der Waals surface area contributed by atoms with E-state index in [1.165, 1.54) is 68.8 Å². The molecule has 0 unspecified atom stereocenters. The molecule has 2 heterocycles. The third-order valence-electron chi connectivity index (χ3n) is 21.6. The van der Waals surface area contributed by atoms with E-state index in [1.54, 1.807) is 0 Å². The quantitative estimate of drug-likeness (QED) is 0.0290. The molecule has 2 N–H and O–H groups in total. The van der Waals surface area contributed by atoms with Crippen LogP contribution in [0.15, 0.2) is 299 Å². The minimum atomic E-state index is -4.37. The number of aromatic nitrogens is 2. The van der Waals surface area contributed by atoms with Crippen molar-refractivity contribution in [2.75, 3.05) is 0 Å². The van der Waals surface area contributed by atoms with Crippen molar-refractivity contribution >= 4 is 93.2 Å². The van der Waals surface area contributed by atoms with Gasteiger partial charge < -0.3 is 10.8 Å². The van der Waals surface area contributed by atoms with Gasteiger partial charge in [0.25, 0.3) is 0 Å². The van der Waals surface area contributed by atoms with Crippen LogP contribution in [0, 0.1) is 0 Å². The van der Waals surface area contributed by atoms with Crippen LogP contribution >= 0.6 is 0 Å². The Labute approximate surface area is 750 Å². The molecular formula is C104H116F6Ir2N8Si2-2. The Balaban J connectivity index is 0.000000226. The van der Waals surface area contributed by atoms with Crippen molar-refractivity contribution in [3.63, 3.8) is 0 Å². The van der Waals surface area contributed by atoms with Crippen molar-refractivity contribution in [1.82, 2.24) is 9.97 Å². The minimum Gasteiger partial charge on any atom is -0.668 e. The van der Waals surface area contributed by atoms with E-state index in [-0.39, 0.29) is 40.2 Å². The summed E-state index contributed by atoms with van der Waals surface area (Å²) in [4.78, 5) is 30.6. The zero-order chi connectivity index (χ0) is 87.6. The number of alkyl halides is 6. The van der Waals surface area contributed by atoms with E-state index in [9.17, 15) is 37.1 Å². The second-order valence-corrected chi connectivity index (χ2v) is 39.6. The topological polar surface area (TPSA) is 123 Å². The van der Waals surface area contributed by atoms with Crippen LogP contribution in [-0.2, 0) is 52.6 Å². The van der Waals surface area contributed by atoms with Gasteiger partial charge >= 0.3 is 12.4 Å². The number of nitrogens with one attached hydrogen (secondary N) is 2. The Hall–Kier alpha value is -9.59. The van der Waals surface area contributed by atoms with E-state index in [0.717, 1.165) is 113 Å². The molecule has 2 aromatic heterocycles. The van der Waals surface area contributed by atoms with Crippen LogP contribution in [0.2, 0.25) is 0 Å². The monoisotopic (exact) mass is 2030 g/mol. The summed E-state index contributed by atoms with van der Waals surface area (Å²) in [5.41, 5.74) is 20.4. The largest absolute Gasteiger partial charge is 0.668 e. The van der Waals surface area contributed by atoms with Gasteiger partial charge in [0.05, 0.1) is 79.5 Å². The van der Waals surface area contributed by atoms with E-state index in [0.29, 0.717) is 57.7 Å². The Morgan fingerprint density at radius 3 is 0.549 bits per heavy atom. The molecule has 0 saturated heterocycles. The molecule has 12 rings (SSSR count). The second-order valence-electron chi connectivity index (χ2n) is 33.1. The number of rotatable bonds is 22. The van der Waals surface area contributed by atoms with Gasteiger partial charge in [0.1, 0.15) is 0 Å². The van der Waals surface area contributed by atoms with Crippen LogP contribution in [0.1, 0.15) is 264 Å².